The minimum absolute atomic E-state index is 0.0732. The molecule has 0 unspecified atom stereocenters. The molecule has 1 heterocycles. The number of piperidine rings is 1. The number of nitrogens with zero attached hydrogens (tertiary/aromatic N) is 1. The van der Waals surface area contributed by atoms with E-state index >= 15 is 0 Å². The quantitative estimate of drug-likeness (QED) is 0.652. The average Bonchev–Trinajstić information content (AvgIpc) is 2.12. The number of ketones is 1. The van der Waals surface area contributed by atoms with Gasteiger partial charge in [0.1, 0.15) is 5.60 Å². The van der Waals surface area contributed by atoms with Gasteiger partial charge in [-0.3, -0.25) is 9.69 Å². The SMILES string of the molecule is CC(C)(C)OC(=O)N1CC(=O)CCC12CCC2. The summed E-state index contributed by atoms with van der Waals surface area (Å²) in [4.78, 5) is 25.3. The molecule has 0 radical (unpaired) electrons. The molecule has 0 aromatic carbocycles. The summed E-state index contributed by atoms with van der Waals surface area (Å²) in [7, 11) is 0. The molecule has 4 heteroatoms. The van der Waals surface area contributed by atoms with Crippen LogP contribution in [0.2, 0.25) is 0 Å². The van der Waals surface area contributed by atoms with Gasteiger partial charge in [-0.05, 0) is 46.5 Å². The molecule has 2 aliphatic rings. The molecule has 1 spiro atoms. The fraction of sp³-hybridized carbons (Fsp3) is 0.846. The number of amides is 1. The Bertz CT molecular complexity index is 339. The second-order valence-corrected chi connectivity index (χ2v) is 6.18. The van der Waals surface area contributed by atoms with Gasteiger partial charge in [0, 0.05) is 12.0 Å². The van der Waals surface area contributed by atoms with E-state index < -0.39 is 5.60 Å². The number of likely N-dealkylation sites (tertiary alicyclic amines) is 1. The third-order valence-electron chi connectivity index (χ3n) is 3.67. The molecule has 1 amide bonds. The van der Waals surface area contributed by atoms with Gasteiger partial charge in [-0.15, -0.1) is 0 Å². The van der Waals surface area contributed by atoms with Gasteiger partial charge in [-0.25, -0.2) is 4.79 Å². The Kier molecular flexibility index (Phi) is 2.92. The van der Waals surface area contributed by atoms with Crippen LogP contribution in [0.3, 0.4) is 0 Å². The molecule has 0 atom stereocenters. The van der Waals surface area contributed by atoms with Crippen LogP contribution in [0.1, 0.15) is 52.9 Å². The Morgan fingerprint density at radius 3 is 2.41 bits per heavy atom. The molecular formula is C13H21NO3. The molecule has 96 valence electrons. The smallest absolute Gasteiger partial charge is 0.411 e. The first-order valence-electron chi connectivity index (χ1n) is 6.35. The van der Waals surface area contributed by atoms with Crippen LogP contribution >= 0.6 is 0 Å². The van der Waals surface area contributed by atoms with E-state index in [9.17, 15) is 9.59 Å². The third-order valence-corrected chi connectivity index (χ3v) is 3.67. The van der Waals surface area contributed by atoms with Crippen molar-refractivity contribution in [1.82, 2.24) is 4.90 Å². The number of hydrogen-bond acceptors (Lipinski definition) is 3. The highest BCUT2D eigenvalue weighted by Crippen LogP contribution is 2.44. The Morgan fingerprint density at radius 1 is 1.29 bits per heavy atom. The van der Waals surface area contributed by atoms with Crippen LogP contribution in [0.4, 0.5) is 4.79 Å². The lowest BCUT2D eigenvalue weighted by Crippen LogP contribution is -2.61. The van der Waals surface area contributed by atoms with Crippen molar-refractivity contribution in [3.63, 3.8) is 0 Å². The Labute approximate surface area is 102 Å². The lowest BCUT2D eigenvalue weighted by Gasteiger charge is -2.52. The molecule has 1 saturated heterocycles. The summed E-state index contributed by atoms with van der Waals surface area (Å²) < 4.78 is 5.39. The van der Waals surface area contributed by atoms with Crippen molar-refractivity contribution in [1.29, 1.82) is 0 Å². The van der Waals surface area contributed by atoms with Gasteiger partial charge in [0.15, 0.2) is 5.78 Å². The highest BCUT2D eigenvalue weighted by Gasteiger charge is 2.49. The fourth-order valence-electron chi connectivity index (χ4n) is 2.61. The number of carbonyl (C=O) groups excluding carboxylic acids is 2. The number of ether oxygens (including phenoxy) is 1. The molecule has 4 nitrogen and oxygen atoms in total. The van der Waals surface area contributed by atoms with E-state index in [2.05, 4.69) is 0 Å². The molecule has 2 fully saturated rings. The van der Waals surface area contributed by atoms with Crippen LogP contribution < -0.4 is 0 Å². The second-order valence-electron chi connectivity index (χ2n) is 6.18. The molecule has 0 N–H and O–H groups in total. The monoisotopic (exact) mass is 239 g/mol. The number of carbonyl (C=O) groups is 2. The first kappa shape index (κ1) is 12.4. The maximum Gasteiger partial charge on any atom is 0.411 e. The van der Waals surface area contributed by atoms with Gasteiger partial charge in [0.25, 0.3) is 0 Å². The van der Waals surface area contributed by atoms with Gasteiger partial charge < -0.3 is 4.74 Å². The van der Waals surface area contributed by atoms with Gasteiger partial charge in [-0.1, -0.05) is 0 Å². The summed E-state index contributed by atoms with van der Waals surface area (Å²) in [6.45, 7) is 5.78. The van der Waals surface area contributed by atoms with Crippen molar-refractivity contribution in [3.8, 4) is 0 Å². The number of hydrogen-bond donors (Lipinski definition) is 0. The van der Waals surface area contributed by atoms with Crippen LogP contribution in [-0.2, 0) is 9.53 Å². The highest BCUT2D eigenvalue weighted by atomic mass is 16.6. The summed E-state index contributed by atoms with van der Waals surface area (Å²) in [6.07, 6.45) is 4.27. The van der Waals surface area contributed by atoms with Crippen molar-refractivity contribution >= 4 is 11.9 Å². The normalized spacial score (nSPS) is 23.5. The van der Waals surface area contributed by atoms with Crippen molar-refractivity contribution in [2.75, 3.05) is 6.54 Å². The standard InChI is InChI=1S/C13H21NO3/c1-12(2,3)17-11(16)14-9-10(15)5-8-13(14)6-4-7-13/h4-9H2,1-3H3. The minimum atomic E-state index is -0.498. The topological polar surface area (TPSA) is 46.6 Å². The lowest BCUT2D eigenvalue weighted by molar-refractivity contribution is -0.129. The fourth-order valence-corrected chi connectivity index (χ4v) is 2.61. The van der Waals surface area contributed by atoms with Crippen molar-refractivity contribution in [3.05, 3.63) is 0 Å². The Morgan fingerprint density at radius 2 is 1.94 bits per heavy atom. The molecule has 17 heavy (non-hydrogen) atoms. The van der Waals surface area contributed by atoms with Crippen LogP contribution in [0.25, 0.3) is 0 Å². The van der Waals surface area contributed by atoms with Crippen molar-refractivity contribution in [2.45, 2.75) is 64.0 Å². The van der Waals surface area contributed by atoms with E-state index in [-0.39, 0.29) is 24.0 Å². The maximum atomic E-state index is 12.1. The first-order chi connectivity index (χ1) is 7.82. The average molecular weight is 239 g/mol. The zero-order valence-corrected chi connectivity index (χ0v) is 10.9. The van der Waals surface area contributed by atoms with Crippen LogP contribution in [0.15, 0.2) is 0 Å². The van der Waals surface area contributed by atoms with E-state index in [0.29, 0.717) is 6.42 Å². The van der Waals surface area contributed by atoms with Crippen LogP contribution in [0, 0.1) is 0 Å². The predicted octanol–water partition coefficient (Wildman–Crippen LogP) is 2.51. The molecule has 1 saturated carbocycles. The maximum absolute atomic E-state index is 12.1. The van der Waals surface area contributed by atoms with Gasteiger partial charge in [0.05, 0.1) is 6.54 Å². The lowest BCUT2D eigenvalue weighted by atomic mass is 9.70. The van der Waals surface area contributed by atoms with Crippen LogP contribution in [-0.4, -0.2) is 34.5 Å². The molecule has 1 aliphatic heterocycles. The Balaban J connectivity index is 2.10. The van der Waals surface area contributed by atoms with E-state index in [1.54, 1.807) is 4.90 Å². The summed E-state index contributed by atoms with van der Waals surface area (Å²) in [5.41, 5.74) is -0.571. The molecular weight excluding hydrogens is 218 g/mol. The Hall–Kier alpha value is -1.06. The molecule has 0 aromatic heterocycles. The first-order valence-corrected chi connectivity index (χ1v) is 6.35. The number of Topliss-reactive ketones (excluding diaryl/α,β-unsaturated/α-hetero) is 1. The summed E-state index contributed by atoms with van der Waals surface area (Å²) in [6, 6.07) is 0. The molecule has 1 aliphatic carbocycles. The molecule has 0 bridgehead atoms. The van der Waals surface area contributed by atoms with Crippen molar-refractivity contribution < 1.29 is 14.3 Å². The third kappa shape index (κ3) is 2.45. The van der Waals surface area contributed by atoms with E-state index in [0.717, 1.165) is 25.7 Å². The van der Waals surface area contributed by atoms with E-state index in [1.165, 1.54) is 0 Å². The van der Waals surface area contributed by atoms with E-state index in [1.807, 2.05) is 20.8 Å². The predicted molar refractivity (Wildman–Crippen MR) is 63.8 cm³/mol. The summed E-state index contributed by atoms with van der Waals surface area (Å²) in [5.74, 6) is 0.147. The molecule has 0 aromatic rings. The highest BCUT2D eigenvalue weighted by molar-refractivity contribution is 5.86. The number of rotatable bonds is 0. The zero-order valence-electron chi connectivity index (χ0n) is 10.9. The molecule has 2 rings (SSSR count). The van der Waals surface area contributed by atoms with Crippen molar-refractivity contribution in [2.24, 2.45) is 0 Å². The zero-order chi connectivity index (χ0) is 12.7. The second kappa shape index (κ2) is 4.00. The summed E-state index contributed by atoms with van der Waals surface area (Å²) >= 11 is 0. The van der Waals surface area contributed by atoms with Gasteiger partial charge in [-0.2, -0.15) is 0 Å². The van der Waals surface area contributed by atoms with Gasteiger partial charge in [0.2, 0.25) is 0 Å². The van der Waals surface area contributed by atoms with Gasteiger partial charge >= 0.3 is 6.09 Å². The van der Waals surface area contributed by atoms with Crippen LogP contribution in [0.5, 0.6) is 0 Å². The minimum Gasteiger partial charge on any atom is -0.444 e. The summed E-state index contributed by atoms with van der Waals surface area (Å²) in [5, 5.41) is 0. The largest absolute Gasteiger partial charge is 0.444 e. The van der Waals surface area contributed by atoms with E-state index in [4.69, 9.17) is 4.74 Å².